The third-order valence-corrected chi connectivity index (χ3v) is 7.74. The van der Waals surface area contributed by atoms with Crippen LogP contribution in [0.3, 0.4) is 0 Å². The zero-order valence-corrected chi connectivity index (χ0v) is 20.7. The summed E-state index contributed by atoms with van der Waals surface area (Å²) >= 11 is 0. The molecule has 0 spiro atoms. The van der Waals surface area contributed by atoms with E-state index < -0.39 is 5.82 Å². The van der Waals surface area contributed by atoms with E-state index in [2.05, 4.69) is 42.0 Å². The fourth-order valence-corrected chi connectivity index (χ4v) is 5.67. The van der Waals surface area contributed by atoms with E-state index >= 15 is 0 Å². The molecule has 0 radical (unpaired) electrons. The smallest absolute Gasteiger partial charge is 0.363 e. The Balaban J connectivity index is 1.28. The molecule has 1 saturated carbocycles. The van der Waals surface area contributed by atoms with Crippen molar-refractivity contribution in [3.63, 3.8) is 0 Å². The Kier molecular flexibility index (Phi) is 5.94. The van der Waals surface area contributed by atoms with Crippen LogP contribution in [-0.4, -0.2) is 59.8 Å². The summed E-state index contributed by atoms with van der Waals surface area (Å²) in [6.45, 7) is 4.24. The van der Waals surface area contributed by atoms with Gasteiger partial charge in [0.05, 0.1) is 11.9 Å². The van der Waals surface area contributed by atoms with Crippen molar-refractivity contribution in [2.45, 2.75) is 69.9 Å². The summed E-state index contributed by atoms with van der Waals surface area (Å²) in [5, 5.41) is 14.6. The SMILES string of the molecule is Cc1cc(C2CC2)c(-n2nnn(C)c2=O)cc1Nc1ncc(F)c(N[C@@H]2CCCN3CCCC[C@H]23)n1. The maximum Gasteiger partial charge on any atom is 0.368 e. The first-order chi connectivity index (χ1) is 17.5. The monoisotopic (exact) mass is 493 g/mol. The number of rotatable bonds is 6. The fraction of sp³-hybridized carbons (Fsp3) is 0.560. The molecule has 3 aliphatic rings. The highest BCUT2D eigenvalue weighted by atomic mass is 19.1. The Morgan fingerprint density at radius 3 is 2.67 bits per heavy atom. The van der Waals surface area contributed by atoms with Crippen molar-refractivity contribution in [1.29, 1.82) is 0 Å². The first-order valence-electron chi connectivity index (χ1n) is 12.9. The average Bonchev–Trinajstić information content (AvgIpc) is 3.68. The van der Waals surface area contributed by atoms with E-state index in [0.29, 0.717) is 23.6 Å². The van der Waals surface area contributed by atoms with Crippen molar-refractivity contribution in [3.05, 3.63) is 45.8 Å². The number of fused-ring (bicyclic) bond motifs is 1. The second kappa shape index (κ2) is 9.27. The molecule has 2 saturated heterocycles. The number of benzene rings is 1. The number of anilines is 3. The standard InChI is InChI=1S/C25H32FN9O/c1-15-12-17(16-8-9-16)22(35-25(36)33(2)31-32-35)13-20(15)29-24-27-14-18(26)23(30-24)28-19-6-5-11-34-10-4-3-7-21(19)34/h12-14,16,19,21H,3-11H2,1-2H3,(H2,27,28,29,30)/t19-,21-/m1/s1. The second-order valence-corrected chi connectivity index (χ2v) is 10.3. The normalized spacial score (nSPS) is 22.3. The van der Waals surface area contributed by atoms with Gasteiger partial charge in [-0.3, -0.25) is 4.90 Å². The van der Waals surface area contributed by atoms with Gasteiger partial charge in [0.2, 0.25) is 5.95 Å². The summed E-state index contributed by atoms with van der Waals surface area (Å²) < 4.78 is 17.3. The fourth-order valence-electron chi connectivity index (χ4n) is 5.67. The summed E-state index contributed by atoms with van der Waals surface area (Å²) in [6.07, 6.45) is 9.07. The molecule has 3 fully saturated rings. The molecule has 36 heavy (non-hydrogen) atoms. The highest BCUT2D eigenvalue weighted by Gasteiger charge is 2.34. The minimum Gasteiger partial charge on any atom is -0.363 e. The van der Waals surface area contributed by atoms with Crippen LogP contribution in [0.25, 0.3) is 5.69 Å². The minimum absolute atomic E-state index is 0.172. The highest BCUT2D eigenvalue weighted by molar-refractivity contribution is 5.66. The summed E-state index contributed by atoms with van der Waals surface area (Å²) in [7, 11) is 1.58. The first-order valence-corrected chi connectivity index (χ1v) is 12.9. The van der Waals surface area contributed by atoms with Gasteiger partial charge >= 0.3 is 5.69 Å². The van der Waals surface area contributed by atoms with Gasteiger partial charge < -0.3 is 10.6 Å². The number of tetrazole rings is 1. The topological polar surface area (TPSA) is 106 Å². The predicted molar refractivity (Wildman–Crippen MR) is 134 cm³/mol. The molecule has 1 aliphatic carbocycles. The molecule has 3 aromatic rings. The van der Waals surface area contributed by atoms with Crippen molar-refractivity contribution < 1.29 is 4.39 Å². The lowest BCUT2D eigenvalue weighted by Crippen LogP contribution is -2.53. The Labute approximate surface area is 208 Å². The van der Waals surface area contributed by atoms with Gasteiger partial charge in [0.1, 0.15) is 0 Å². The van der Waals surface area contributed by atoms with Gasteiger partial charge in [0.25, 0.3) is 0 Å². The van der Waals surface area contributed by atoms with E-state index in [0.717, 1.165) is 62.0 Å². The molecule has 1 aromatic carbocycles. The molecule has 2 aromatic heterocycles. The minimum atomic E-state index is -0.457. The quantitative estimate of drug-likeness (QED) is 0.539. The molecule has 11 heteroatoms. The summed E-state index contributed by atoms with van der Waals surface area (Å²) in [4.78, 5) is 23.8. The van der Waals surface area contributed by atoms with E-state index in [4.69, 9.17) is 0 Å². The van der Waals surface area contributed by atoms with Gasteiger partial charge in [-0.1, -0.05) is 12.5 Å². The molecule has 2 N–H and O–H groups in total. The number of aromatic nitrogens is 6. The van der Waals surface area contributed by atoms with Crippen LogP contribution in [0, 0.1) is 12.7 Å². The van der Waals surface area contributed by atoms with Crippen LogP contribution in [0.15, 0.2) is 23.1 Å². The molecule has 190 valence electrons. The lowest BCUT2D eigenvalue weighted by atomic mass is 9.89. The molecular formula is C25H32FN9O. The molecule has 4 heterocycles. The molecular weight excluding hydrogens is 461 g/mol. The number of halogens is 1. The lowest BCUT2D eigenvalue weighted by Gasteiger charge is -2.44. The van der Waals surface area contributed by atoms with Crippen LogP contribution in [0.2, 0.25) is 0 Å². The zero-order valence-electron chi connectivity index (χ0n) is 20.7. The van der Waals surface area contributed by atoms with E-state index in [1.807, 2.05) is 13.0 Å². The van der Waals surface area contributed by atoms with Gasteiger partial charge in [-0.2, -0.15) is 14.3 Å². The third kappa shape index (κ3) is 4.36. The average molecular weight is 494 g/mol. The van der Waals surface area contributed by atoms with Crippen LogP contribution in [0.1, 0.15) is 62.0 Å². The Bertz CT molecular complexity index is 1330. The predicted octanol–water partition coefficient (Wildman–Crippen LogP) is 3.25. The maximum absolute atomic E-state index is 14.8. The molecule has 2 atom stereocenters. The molecule has 0 bridgehead atoms. The van der Waals surface area contributed by atoms with Crippen molar-refractivity contribution in [2.75, 3.05) is 23.7 Å². The number of aryl methyl sites for hydroxylation is 2. The largest absolute Gasteiger partial charge is 0.368 e. The van der Waals surface area contributed by atoms with Gasteiger partial charge in [0, 0.05) is 24.8 Å². The van der Waals surface area contributed by atoms with E-state index in [1.165, 1.54) is 28.4 Å². The van der Waals surface area contributed by atoms with Gasteiger partial charge in [-0.05, 0) is 92.1 Å². The van der Waals surface area contributed by atoms with Gasteiger partial charge in [0.15, 0.2) is 11.6 Å². The van der Waals surface area contributed by atoms with Crippen molar-refractivity contribution >= 4 is 17.5 Å². The summed E-state index contributed by atoms with van der Waals surface area (Å²) in [6, 6.07) is 4.56. The first kappa shape index (κ1) is 23.1. The Hall–Kier alpha value is -3.34. The molecule has 0 unspecified atom stereocenters. The number of hydrogen-bond donors (Lipinski definition) is 2. The van der Waals surface area contributed by atoms with Crippen LogP contribution in [0.5, 0.6) is 0 Å². The number of nitrogens with one attached hydrogen (secondary N) is 2. The molecule has 10 nitrogen and oxygen atoms in total. The number of hydrogen-bond acceptors (Lipinski definition) is 8. The molecule has 0 amide bonds. The van der Waals surface area contributed by atoms with Crippen molar-refractivity contribution in [2.24, 2.45) is 7.05 Å². The molecule has 2 aliphatic heterocycles. The van der Waals surface area contributed by atoms with Crippen LogP contribution < -0.4 is 16.3 Å². The Morgan fingerprint density at radius 2 is 1.89 bits per heavy atom. The zero-order chi connectivity index (χ0) is 24.8. The van der Waals surface area contributed by atoms with Crippen molar-refractivity contribution in [1.82, 2.24) is 34.7 Å². The summed E-state index contributed by atoms with van der Waals surface area (Å²) in [5.74, 6) is 0.480. The summed E-state index contributed by atoms with van der Waals surface area (Å²) in [5.41, 5.74) is 3.20. The highest BCUT2D eigenvalue weighted by Crippen LogP contribution is 2.44. The number of nitrogens with zero attached hydrogens (tertiary/aromatic N) is 7. The van der Waals surface area contributed by atoms with E-state index in [9.17, 15) is 9.18 Å². The van der Waals surface area contributed by atoms with Crippen LogP contribution in [0.4, 0.5) is 21.8 Å². The maximum atomic E-state index is 14.8. The lowest BCUT2D eigenvalue weighted by molar-refractivity contribution is 0.0975. The van der Waals surface area contributed by atoms with E-state index in [1.54, 1.807) is 7.05 Å². The van der Waals surface area contributed by atoms with Gasteiger partial charge in [-0.15, -0.1) is 0 Å². The Morgan fingerprint density at radius 1 is 1.06 bits per heavy atom. The molecule has 6 rings (SSSR count). The van der Waals surface area contributed by atoms with Crippen molar-refractivity contribution in [3.8, 4) is 5.69 Å². The van der Waals surface area contributed by atoms with Gasteiger partial charge in [-0.25, -0.2) is 14.2 Å². The van der Waals surface area contributed by atoms with Crippen LogP contribution >= 0.6 is 0 Å². The second-order valence-electron chi connectivity index (χ2n) is 10.3. The van der Waals surface area contributed by atoms with Crippen LogP contribution in [-0.2, 0) is 7.05 Å². The number of piperidine rings is 2. The van der Waals surface area contributed by atoms with E-state index in [-0.39, 0.29) is 17.5 Å². The third-order valence-electron chi connectivity index (χ3n) is 7.74.